The van der Waals surface area contributed by atoms with Crippen LogP contribution in [0.5, 0.6) is 5.75 Å². The number of benzene rings is 2. The lowest BCUT2D eigenvalue weighted by Gasteiger charge is -2.08. The van der Waals surface area contributed by atoms with Crippen molar-refractivity contribution >= 4 is 12.1 Å². The minimum Gasteiger partial charge on any atom is -0.483 e. The smallest absolute Gasteiger partial charge is 0.416 e. The molecule has 0 aliphatic carbocycles. The number of hydrazone groups is 1. The lowest BCUT2D eigenvalue weighted by molar-refractivity contribution is -0.137. The highest BCUT2D eigenvalue weighted by Gasteiger charge is 2.30. The van der Waals surface area contributed by atoms with Gasteiger partial charge in [-0.2, -0.15) is 18.3 Å². The van der Waals surface area contributed by atoms with Crippen LogP contribution in [0.25, 0.3) is 11.3 Å². The van der Waals surface area contributed by atoms with Gasteiger partial charge in [-0.05, 0) is 49.7 Å². The van der Waals surface area contributed by atoms with Crippen molar-refractivity contribution in [1.82, 2.24) is 5.43 Å². The molecule has 5 nitrogen and oxygen atoms in total. The van der Waals surface area contributed by atoms with Crippen LogP contribution < -0.4 is 10.2 Å². The molecular weight excluding hydrogens is 397 g/mol. The first-order valence-corrected chi connectivity index (χ1v) is 9.02. The molecule has 1 heterocycles. The fourth-order valence-electron chi connectivity index (χ4n) is 2.73. The third-order valence-corrected chi connectivity index (χ3v) is 4.17. The first-order valence-electron chi connectivity index (χ1n) is 9.02. The van der Waals surface area contributed by atoms with Crippen molar-refractivity contribution in [1.29, 1.82) is 0 Å². The minimum absolute atomic E-state index is 0.213. The maximum absolute atomic E-state index is 12.8. The van der Waals surface area contributed by atoms with E-state index in [-0.39, 0.29) is 23.7 Å². The summed E-state index contributed by atoms with van der Waals surface area (Å²) in [6, 6.07) is 13.5. The summed E-state index contributed by atoms with van der Waals surface area (Å²) in [4.78, 5) is 11.9. The van der Waals surface area contributed by atoms with Crippen LogP contribution in [0.2, 0.25) is 0 Å². The molecule has 3 aromatic rings. The second-order valence-corrected chi connectivity index (χ2v) is 6.63. The van der Waals surface area contributed by atoms with Crippen LogP contribution in [0.3, 0.4) is 0 Å². The summed E-state index contributed by atoms with van der Waals surface area (Å²) < 4.78 is 49.5. The van der Waals surface area contributed by atoms with Crippen molar-refractivity contribution in [3.05, 3.63) is 77.0 Å². The molecule has 0 aliphatic heterocycles. The van der Waals surface area contributed by atoms with Crippen molar-refractivity contribution in [2.45, 2.75) is 20.0 Å². The van der Waals surface area contributed by atoms with E-state index in [0.29, 0.717) is 5.75 Å². The zero-order chi connectivity index (χ0) is 21.7. The van der Waals surface area contributed by atoms with Gasteiger partial charge in [0.25, 0.3) is 5.91 Å². The normalized spacial score (nSPS) is 11.6. The summed E-state index contributed by atoms with van der Waals surface area (Å²) in [5.74, 6) is 0.678. The van der Waals surface area contributed by atoms with Gasteiger partial charge in [-0.1, -0.05) is 29.8 Å². The summed E-state index contributed by atoms with van der Waals surface area (Å²) in [6.45, 7) is 3.64. The molecule has 1 aromatic heterocycles. The predicted molar refractivity (Wildman–Crippen MR) is 106 cm³/mol. The molecule has 156 valence electrons. The van der Waals surface area contributed by atoms with E-state index in [1.807, 2.05) is 26.0 Å². The Balaban J connectivity index is 1.56. The average Bonchev–Trinajstić information content (AvgIpc) is 3.16. The molecule has 8 heteroatoms. The number of furan rings is 1. The number of nitrogens with one attached hydrogen (secondary N) is 1. The fraction of sp³-hybridized carbons (Fsp3) is 0.182. The second kappa shape index (κ2) is 8.86. The van der Waals surface area contributed by atoms with Crippen LogP contribution in [0.1, 0.15) is 22.5 Å². The van der Waals surface area contributed by atoms with Crippen LogP contribution in [-0.4, -0.2) is 18.7 Å². The topological polar surface area (TPSA) is 63.8 Å². The number of ether oxygens (including phenoxy) is 1. The predicted octanol–water partition coefficient (Wildman–Crippen LogP) is 5.11. The first-order chi connectivity index (χ1) is 14.2. The second-order valence-electron chi connectivity index (χ2n) is 6.63. The highest BCUT2D eigenvalue weighted by Crippen LogP contribution is 2.32. The SMILES string of the molecule is Cc1ccc(OCC(=O)N/N=C/c2ccc(-c3cccc(C(F)(F)F)c3)o2)c(C)c1. The molecule has 1 amide bonds. The van der Waals surface area contributed by atoms with Gasteiger partial charge in [-0.3, -0.25) is 4.79 Å². The molecule has 1 N–H and O–H groups in total. The van der Waals surface area contributed by atoms with Crippen LogP contribution in [0.15, 0.2) is 64.1 Å². The van der Waals surface area contributed by atoms with Crippen molar-refractivity contribution in [2.75, 3.05) is 6.61 Å². The zero-order valence-corrected chi connectivity index (χ0v) is 16.3. The molecule has 0 saturated carbocycles. The number of hydrogen-bond acceptors (Lipinski definition) is 4. The highest BCUT2D eigenvalue weighted by atomic mass is 19.4. The fourth-order valence-corrected chi connectivity index (χ4v) is 2.73. The molecule has 0 saturated heterocycles. The van der Waals surface area contributed by atoms with Gasteiger partial charge in [0, 0.05) is 5.56 Å². The number of alkyl halides is 3. The minimum atomic E-state index is -4.43. The lowest BCUT2D eigenvalue weighted by atomic mass is 10.1. The quantitative estimate of drug-likeness (QED) is 0.449. The number of aryl methyl sites for hydroxylation is 2. The Morgan fingerprint density at radius 2 is 1.93 bits per heavy atom. The number of nitrogens with zero attached hydrogens (tertiary/aromatic N) is 1. The number of carbonyl (C=O) groups excluding carboxylic acids is 1. The van der Waals surface area contributed by atoms with Crippen molar-refractivity contribution < 1.29 is 27.1 Å². The number of hydrogen-bond donors (Lipinski definition) is 1. The van der Waals surface area contributed by atoms with Crippen molar-refractivity contribution in [3.8, 4) is 17.1 Å². The maximum atomic E-state index is 12.8. The van der Waals surface area contributed by atoms with Crippen molar-refractivity contribution in [2.24, 2.45) is 5.10 Å². The molecule has 0 fully saturated rings. The van der Waals surface area contributed by atoms with E-state index in [9.17, 15) is 18.0 Å². The van der Waals surface area contributed by atoms with E-state index in [4.69, 9.17) is 9.15 Å². The standard InChI is InChI=1S/C22H19F3N2O3/c1-14-6-8-19(15(2)10-14)29-13-21(28)27-26-12-18-7-9-20(30-18)16-4-3-5-17(11-16)22(23,24)25/h3-12H,13H2,1-2H3,(H,27,28)/b26-12+. The Bertz CT molecular complexity index is 1070. The van der Waals surface area contributed by atoms with E-state index in [2.05, 4.69) is 10.5 Å². The maximum Gasteiger partial charge on any atom is 0.416 e. The molecule has 0 radical (unpaired) electrons. The lowest BCUT2D eigenvalue weighted by Crippen LogP contribution is -2.24. The van der Waals surface area contributed by atoms with E-state index in [1.54, 1.807) is 6.07 Å². The number of halogens is 3. The van der Waals surface area contributed by atoms with Gasteiger partial charge < -0.3 is 9.15 Å². The van der Waals surface area contributed by atoms with Crippen molar-refractivity contribution in [3.63, 3.8) is 0 Å². The summed E-state index contributed by atoms with van der Waals surface area (Å²) >= 11 is 0. The summed E-state index contributed by atoms with van der Waals surface area (Å²) in [6.07, 6.45) is -3.18. The third kappa shape index (κ3) is 5.50. The Labute approximate surface area is 171 Å². The zero-order valence-electron chi connectivity index (χ0n) is 16.3. The Morgan fingerprint density at radius 3 is 2.67 bits per heavy atom. The third-order valence-electron chi connectivity index (χ3n) is 4.17. The first kappa shape index (κ1) is 21.2. The van der Waals surface area contributed by atoms with Crippen LogP contribution in [0, 0.1) is 13.8 Å². The molecular formula is C22H19F3N2O3. The molecule has 0 bridgehead atoms. The van der Waals surface area contributed by atoms with Gasteiger partial charge >= 0.3 is 6.18 Å². The number of carbonyl (C=O) groups is 1. The molecule has 0 atom stereocenters. The molecule has 2 aromatic carbocycles. The largest absolute Gasteiger partial charge is 0.483 e. The van der Waals surface area contributed by atoms with Gasteiger partial charge in [-0.25, -0.2) is 5.43 Å². The molecule has 30 heavy (non-hydrogen) atoms. The Kier molecular flexibility index (Phi) is 6.25. The Hall–Kier alpha value is -3.55. The summed E-state index contributed by atoms with van der Waals surface area (Å²) in [7, 11) is 0. The molecule has 3 rings (SSSR count). The summed E-state index contributed by atoms with van der Waals surface area (Å²) in [5, 5.41) is 3.78. The van der Waals surface area contributed by atoms with E-state index in [0.717, 1.165) is 23.3 Å². The van der Waals surface area contributed by atoms with Gasteiger partial charge in [-0.15, -0.1) is 0 Å². The van der Waals surface area contributed by atoms with Crippen LogP contribution in [0.4, 0.5) is 13.2 Å². The van der Waals surface area contributed by atoms with Gasteiger partial charge in [0.2, 0.25) is 0 Å². The van der Waals surface area contributed by atoms with E-state index >= 15 is 0 Å². The number of rotatable bonds is 6. The highest BCUT2D eigenvalue weighted by molar-refractivity contribution is 5.81. The molecule has 0 unspecified atom stereocenters. The van der Waals surface area contributed by atoms with Crippen LogP contribution >= 0.6 is 0 Å². The Morgan fingerprint density at radius 1 is 1.13 bits per heavy atom. The van der Waals surface area contributed by atoms with Crippen LogP contribution in [-0.2, 0) is 11.0 Å². The van der Waals surface area contributed by atoms with E-state index < -0.39 is 17.6 Å². The monoisotopic (exact) mass is 416 g/mol. The van der Waals surface area contributed by atoms with E-state index in [1.165, 1.54) is 30.5 Å². The molecule has 0 aliphatic rings. The molecule has 0 spiro atoms. The van der Waals surface area contributed by atoms with Gasteiger partial charge in [0.1, 0.15) is 17.3 Å². The average molecular weight is 416 g/mol. The van der Waals surface area contributed by atoms with Gasteiger partial charge in [0.15, 0.2) is 6.61 Å². The summed E-state index contributed by atoms with van der Waals surface area (Å²) in [5.41, 5.74) is 3.85. The van der Waals surface area contributed by atoms with Gasteiger partial charge in [0.05, 0.1) is 11.8 Å². The number of amides is 1.